The zero-order valence-electron chi connectivity index (χ0n) is 22.5. The Morgan fingerprint density at radius 2 is 1.39 bits per heavy atom. The van der Waals surface area contributed by atoms with Gasteiger partial charge in [0.05, 0.1) is 7.11 Å². The minimum atomic E-state index is 0.418. The molecule has 0 bridgehead atoms. The number of hydrogen-bond acceptors (Lipinski definition) is 5. The molecule has 6 rings (SSSR count). The topological polar surface area (TPSA) is 57.0 Å². The second-order valence-corrected chi connectivity index (χ2v) is 10.4. The highest BCUT2D eigenvalue weighted by Gasteiger charge is 2.18. The van der Waals surface area contributed by atoms with Gasteiger partial charge in [0.1, 0.15) is 36.1 Å². The summed E-state index contributed by atoms with van der Waals surface area (Å²) in [6, 6.07) is 38.0. The van der Waals surface area contributed by atoms with Gasteiger partial charge in [-0.25, -0.2) is 4.98 Å². The normalized spacial score (nSPS) is 10.9. The van der Waals surface area contributed by atoms with E-state index in [2.05, 4.69) is 21.2 Å². The van der Waals surface area contributed by atoms with Gasteiger partial charge in [0.2, 0.25) is 0 Å². The van der Waals surface area contributed by atoms with Crippen molar-refractivity contribution < 1.29 is 14.2 Å². The SMILES string of the molecule is COc1ccc(Nc2c(-c3ccc(OCc4ccccc4)c(OCc4ccccc4)c3)nc3ccc(Br)cn23)cc1. The fraction of sp³-hybridized carbons (Fsp3) is 0.0882. The van der Waals surface area contributed by atoms with Crippen LogP contribution in [0.25, 0.3) is 16.9 Å². The Morgan fingerprint density at radius 3 is 2.05 bits per heavy atom. The maximum absolute atomic E-state index is 6.35. The first-order chi connectivity index (χ1) is 20.2. The number of fused-ring (bicyclic) bond motifs is 1. The average Bonchev–Trinajstić information content (AvgIpc) is 3.37. The third-order valence-electron chi connectivity index (χ3n) is 6.63. The average molecular weight is 607 g/mol. The number of ether oxygens (including phenoxy) is 3. The van der Waals surface area contributed by atoms with Crippen LogP contribution in [0.15, 0.2) is 126 Å². The predicted molar refractivity (Wildman–Crippen MR) is 166 cm³/mol. The molecule has 6 nitrogen and oxygen atoms in total. The molecule has 0 unspecified atom stereocenters. The molecule has 2 heterocycles. The summed E-state index contributed by atoms with van der Waals surface area (Å²) in [7, 11) is 1.66. The van der Waals surface area contributed by atoms with Crippen molar-refractivity contribution >= 4 is 33.1 Å². The summed E-state index contributed by atoms with van der Waals surface area (Å²) in [6.07, 6.45) is 2.00. The molecule has 0 radical (unpaired) electrons. The molecule has 204 valence electrons. The van der Waals surface area contributed by atoms with Gasteiger partial charge in [-0.05, 0) is 81.7 Å². The lowest BCUT2D eigenvalue weighted by Gasteiger charge is -2.15. The number of anilines is 2. The molecule has 1 N–H and O–H groups in total. The van der Waals surface area contributed by atoms with Crippen molar-refractivity contribution in [2.75, 3.05) is 12.4 Å². The highest BCUT2D eigenvalue weighted by molar-refractivity contribution is 9.10. The van der Waals surface area contributed by atoms with Gasteiger partial charge in [-0.3, -0.25) is 4.40 Å². The number of hydrogen-bond donors (Lipinski definition) is 1. The van der Waals surface area contributed by atoms with Crippen LogP contribution in [0, 0.1) is 0 Å². The minimum absolute atomic E-state index is 0.418. The van der Waals surface area contributed by atoms with Crippen molar-refractivity contribution in [2.45, 2.75) is 13.2 Å². The van der Waals surface area contributed by atoms with Crippen LogP contribution >= 0.6 is 15.9 Å². The van der Waals surface area contributed by atoms with Crippen LogP contribution in [0.2, 0.25) is 0 Å². The summed E-state index contributed by atoms with van der Waals surface area (Å²) in [6.45, 7) is 0.857. The van der Waals surface area contributed by atoms with Crippen LogP contribution in [0.3, 0.4) is 0 Å². The van der Waals surface area contributed by atoms with E-state index in [9.17, 15) is 0 Å². The van der Waals surface area contributed by atoms with Gasteiger partial charge in [-0.2, -0.15) is 0 Å². The summed E-state index contributed by atoms with van der Waals surface area (Å²) < 4.78 is 20.9. The Bertz CT molecular complexity index is 1750. The van der Waals surface area contributed by atoms with Crippen molar-refractivity contribution in [3.63, 3.8) is 0 Å². The second kappa shape index (κ2) is 12.2. The Hall–Kier alpha value is -4.75. The van der Waals surface area contributed by atoms with E-state index in [0.29, 0.717) is 24.7 Å². The Balaban J connectivity index is 1.38. The molecule has 0 spiro atoms. The Kier molecular flexibility index (Phi) is 7.87. The molecular weight excluding hydrogens is 578 g/mol. The van der Waals surface area contributed by atoms with E-state index in [1.807, 2.05) is 126 Å². The lowest BCUT2D eigenvalue weighted by molar-refractivity contribution is 0.256. The summed E-state index contributed by atoms with van der Waals surface area (Å²) in [5.74, 6) is 2.95. The number of nitrogens with zero attached hydrogens (tertiary/aromatic N) is 2. The van der Waals surface area contributed by atoms with Crippen molar-refractivity contribution in [1.29, 1.82) is 0 Å². The molecule has 0 atom stereocenters. The van der Waals surface area contributed by atoms with E-state index in [1.54, 1.807) is 7.11 Å². The number of pyridine rings is 1. The number of nitrogens with one attached hydrogen (secondary N) is 1. The van der Waals surface area contributed by atoms with Crippen molar-refractivity contribution in [1.82, 2.24) is 9.38 Å². The molecule has 0 fully saturated rings. The van der Waals surface area contributed by atoms with E-state index < -0.39 is 0 Å². The van der Waals surface area contributed by atoms with Gasteiger partial charge in [-0.15, -0.1) is 0 Å². The van der Waals surface area contributed by atoms with E-state index in [4.69, 9.17) is 19.2 Å². The van der Waals surface area contributed by atoms with E-state index in [-0.39, 0.29) is 0 Å². The number of rotatable bonds is 10. The Morgan fingerprint density at radius 1 is 0.732 bits per heavy atom. The third kappa shape index (κ3) is 6.21. The quantitative estimate of drug-likeness (QED) is 0.169. The smallest absolute Gasteiger partial charge is 0.162 e. The van der Waals surface area contributed by atoms with Gasteiger partial charge in [0.25, 0.3) is 0 Å². The fourth-order valence-electron chi connectivity index (χ4n) is 4.51. The second-order valence-electron chi connectivity index (χ2n) is 9.45. The van der Waals surface area contributed by atoms with Crippen LogP contribution < -0.4 is 19.5 Å². The molecule has 0 saturated heterocycles. The summed E-state index contributed by atoms with van der Waals surface area (Å²) in [4.78, 5) is 5.00. The first-order valence-corrected chi connectivity index (χ1v) is 14.0. The first-order valence-electron chi connectivity index (χ1n) is 13.2. The van der Waals surface area contributed by atoms with Gasteiger partial charge >= 0.3 is 0 Å². The minimum Gasteiger partial charge on any atom is -0.497 e. The highest BCUT2D eigenvalue weighted by atomic mass is 79.9. The standard InChI is InChI=1S/C34H28BrN3O3/c1-39-29-16-14-28(15-17-29)36-34-33(37-32-19-13-27(35)21-38(32)34)26-12-18-30(40-22-24-8-4-2-5-9-24)31(20-26)41-23-25-10-6-3-7-11-25/h2-21,36H,22-23H2,1H3. The van der Waals surface area contributed by atoms with Crippen LogP contribution in [0.4, 0.5) is 11.5 Å². The molecule has 41 heavy (non-hydrogen) atoms. The largest absolute Gasteiger partial charge is 0.497 e. The Labute approximate surface area is 247 Å². The molecule has 2 aromatic heterocycles. The molecule has 6 aromatic rings. The molecule has 0 aliphatic heterocycles. The van der Waals surface area contributed by atoms with Gasteiger partial charge in [0, 0.05) is 21.9 Å². The molecule has 0 saturated carbocycles. The van der Waals surface area contributed by atoms with E-state index >= 15 is 0 Å². The summed E-state index contributed by atoms with van der Waals surface area (Å²) in [5, 5.41) is 3.56. The van der Waals surface area contributed by atoms with Crippen LogP contribution in [-0.2, 0) is 13.2 Å². The molecule has 7 heteroatoms. The maximum Gasteiger partial charge on any atom is 0.162 e. The van der Waals surface area contributed by atoms with Crippen molar-refractivity contribution in [2.24, 2.45) is 0 Å². The fourth-order valence-corrected chi connectivity index (χ4v) is 4.85. The third-order valence-corrected chi connectivity index (χ3v) is 7.10. The van der Waals surface area contributed by atoms with Crippen LogP contribution in [-0.4, -0.2) is 16.5 Å². The molecule has 0 amide bonds. The molecular formula is C34H28BrN3O3. The number of methoxy groups -OCH3 is 1. The van der Waals surface area contributed by atoms with Crippen molar-refractivity contribution in [3.05, 3.63) is 137 Å². The highest BCUT2D eigenvalue weighted by Crippen LogP contribution is 2.38. The van der Waals surface area contributed by atoms with Crippen molar-refractivity contribution in [3.8, 4) is 28.5 Å². The van der Waals surface area contributed by atoms with Gasteiger partial charge in [-0.1, -0.05) is 60.7 Å². The predicted octanol–water partition coefficient (Wildman–Crippen LogP) is 8.67. The summed E-state index contributed by atoms with van der Waals surface area (Å²) in [5.41, 5.74) is 5.58. The molecule has 0 aliphatic rings. The number of benzene rings is 4. The number of imidazole rings is 1. The van der Waals surface area contributed by atoms with Gasteiger partial charge < -0.3 is 19.5 Å². The lowest BCUT2D eigenvalue weighted by atomic mass is 10.1. The number of aromatic nitrogens is 2. The number of halogens is 1. The van der Waals surface area contributed by atoms with Crippen LogP contribution in [0.1, 0.15) is 11.1 Å². The van der Waals surface area contributed by atoms with E-state index in [1.165, 1.54) is 0 Å². The molecule has 0 aliphatic carbocycles. The lowest BCUT2D eigenvalue weighted by Crippen LogP contribution is -2.01. The van der Waals surface area contributed by atoms with Crippen LogP contribution in [0.5, 0.6) is 17.2 Å². The van der Waals surface area contributed by atoms with Gasteiger partial charge in [0.15, 0.2) is 11.5 Å². The van der Waals surface area contributed by atoms with E-state index in [0.717, 1.165) is 49.8 Å². The maximum atomic E-state index is 6.35. The molecule has 4 aromatic carbocycles. The monoisotopic (exact) mass is 605 g/mol. The zero-order valence-corrected chi connectivity index (χ0v) is 24.0. The summed E-state index contributed by atoms with van der Waals surface area (Å²) >= 11 is 3.61. The zero-order chi connectivity index (χ0) is 28.0. The first kappa shape index (κ1) is 26.5.